The number of Topliss-reactive ketones (excluding diaryl/α,β-unsaturated/α-hetero) is 1. The molecule has 0 fully saturated rings. The molecule has 1 aromatic heterocycles. The van der Waals surface area contributed by atoms with Gasteiger partial charge in [-0.1, -0.05) is 12.1 Å². The van der Waals surface area contributed by atoms with Gasteiger partial charge >= 0.3 is 5.97 Å². The summed E-state index contributed by atoms with van der Waals surface area (Å²) in [5.41, 5.74) is 2.57. The van der Waals surface area contributed by atoms with E-state index in [1.165, 1.54) is 13.0 Å². The van der Waals surface area contributed by atoms with Crippen molar-refractivity contribution >= 4 is 34.9 Å². The molecule has 1 aliphatic rings. The Morgan fingerprint density at radius 3 is 2.54 bits per heavy atom. The van der Waals surface area contributed by atoms with Crippen LogP contribution in [0.15, 0.2) is 24.3 Å². The molecule has 3 rings (SSSR count). The van der Waals surface area contributed by atoms with E-state index in [1.807, 2.05) is 0 Å². The quantitative estimate of drug-likeness (QED) is 0.611. The third-order valence-corrected chi connectivity index (χ3v) is 4.60. The topological polar surface area (TPSA) is 111 Å². The van der Waals surface area contributed by atoms with Crippen molar-refractivity contribution in [3.05, 3.63) is 41.2 Å². The zero-order valence-corrected chi connectivity index (χ0v) is 16.0. The van der Waals surface area contributed by atoms with Gasteiger partial charge in [-0.25, -0.2) is 0 Å². The van der Waals surface area contributed by atoms with E-state index in [1.54, 1.807) is 43.8 Å². The monoisotopic (exact) mass is 384 g/mol. The molecule has 0 aliphatic carbocycles. The zero-order valence-electron chi connectivity index (χ0n) is 16.0. The Morgan fingerprint density at radius 1 is 1.21 bits per heavy atom. The fourth-order valence-corrected chi connectivity index (χ4v) is 3.00. The van der Waals surface area contributed by atoms with Crippen molar-refractivity contribution in [2.75, 3.05) is 16.8 Å². The molecule has 1 atom stereocenters. The fraction of sp³-hybridized carbons (Fsp3) is 0.316. The van der Waals surface area contributed by atoms with Crippen LogP contribution in [0.3, 0.4) is 0 Å². The lowest BCUT2D eigenvalue weighted by molar-refractivity contribution is -0.152. The lowest BCUT2D eigenvalue weighted by Gasteiger charge is -2.18. The highest BCUT2D eigenvalue weighted by atomic mass is 16.5. The van der Waals surface area contributed by atoms with Gasteiger partial charge in [0.15, 0.2) is 6.10 Å². The second kappa shape index (κ2) is 7.26. The number of ether oxygens (including phenoxy) is 1. The number of benzene rings is 1. The van der Waals surface area contributed by atoms with E-state index in [0.717, 1.165) is 10.6 Å². The van der Waals surface area contributed by atoms with E-state index in [2.05, 4.69) is 10.4 Å². The highest BCUT2D eigenvalue weighted by Gasteiger charge is 2.37. The number of hydrogen-bond acceptors (Lipinski definition) is 6. The number of nitrogens with zero attached hydrogens (tertiary/aromatic N) is 3. The van der Waals surface area contributed by atoms with Gasteiger partial charge in [-0.2, -0.15) is 5.10 Å². The number of fused-ring (bicyclic) bond motifs is 1. The first-order chi connectivity index (χ1) is 13.2. The summed E-state index contributed by atoms with van der Waals surface area (Å²) < 4.78 is 6.78. The maximum atomic E-state index is 12.4. The molecule has 0 radical (unpaired) electrons. The second-order valence-electron chi connectivity index (χ2n) is 6.53. The van der Waals surface area contributed by atoms with Crippen LogP contribution < -0.4 is 10.2 Å². The Balaban J connectivity index is 1.64. The third kappa shape index (κ3) is 3.38. The normalized spacial score (nSPS) is 14.1. The summed E-state index contributed by atoms with van der Waals surface area (Å²) in [6.45, 7) is 4.54. The zero-order chi connectivity index (χ0) is 20.6. The summed E-state index contributed by atoms with van der Waals surface area (Å²) in [6, 6.07) is 6.41. The number of rotatable bonds is 5. The molecular formula is C19H20N4O5. The van der Waals surface area contributed by atoms with Crippen molar-refractivity contribution in [2.45, 2.75) is 26.9 Å². The van der Waals surface area contributed by atoms with Crippen molar-refractivity contribution in [3.8, 4) is 0 Å². The molecule has 9 nitrogen and oxygen atoms in total. The van der Waals surface area contributed by atoms with Crippen molar-refractivity contribution in [1.82, 2.24) is 9.78 Å². The number of hydrogen-bond donors (Lipinski definition) is 1. The molecule has 0 saturated carbocycles. The number of carbonyl (C=O) groups is 4. The highest BCUT2D eigenvalue weighted by molar-refractivity contribution is 6.52. The van der Waals surface area contributed by atoms with Gasteiger partial charge in [0, 0.05) is 7.05 Å². The molecule has 2 amide bonds. The van der Waals surface area contributed by atoms with Crippen LogP contribution in [0, 0.1) is 13.8 Å². The van der Waals surface area contributed by atoms with Gasteiger partial charge in [0.05, 0.1) is 28.3 Å². The highest BCUT2D eigenvalue weighted by Crippen LogP contribution is 2.28. The lowest BCUT2D eigenvalue weighted by atomic mass is 10.1. The maximum Gasteiger partial charge on any atom is 0.326 e. The second-order valence-corrected chi connectivity index (χ2v) is 6.53. The molecule has 28 heavy (non-hydrogen) atoms. The predicted octanol–water partition coefficient (Wildman–Crippen LogP) is 1.14. The number of amides is 2. The van der Waals surface area contributed by atoms with Crippen molar-refractivity contribution in [2.24, 2.45) is 7.05 Å². The molecule has 2 heterocycles. The number of anilines is 2. The Hall–Kier alpha value is -3.49. The van der Waals surface area contributed by atoms with E-state index < -0.39 is 36.2 Å². The minimum absolute atomic E-state index is 0.244. The summed E-state index contributed by atoms with van der Waals surface area (Å²) in [4.78, 5) is 49.7. The van der Waals surface area contributed by atoms with Crippen LogP contribution in [0.5, 0.6) is 0 Å². The van der Waals surface area contributed by atoms with Gasteiger partial charge in [-0.15, -0.1) is 0 Å². The smallest absolute Gasteiger partial charge is 0.326 e. The predicted molar refractivity (Wildman–Crippen MR) is 100.0 cm³/mol. The van der Waals surface area contributed by atoms with Gasteiger partial charge in [0.2, 0.25) is 0 Å². The van der Waals surface area contributed by atoms with Crippen LogP contribution >= 0.6 is 0 Å². The van der Waals surface area contributed by atoms with Gasteiger partial charge in [0.25, 0.3) is 17.6 Å². The largest absolute Gasteiger partial charge is 0.451 e. The van der Waals surface area contributed by atoms with Crippen molar-refractivity contribution in [3.63, 3.8) is 0 Å². The first kappa shape index (κ1) is 19.3. The van der Waals surface area contributed by atoms with Gasteiger partial charge in [0.1, 0.15) is 6.54 Å². The molecule has 0 spiro atoms. The average Bonchev–Trinajstić information content (AvgIpc) is 3.04. The maximum absolute atomic E-state index is 12.4. The van der Waals surface area contributed by atoms with E-state index in [4.69, 9.17) is 4.74 Å². The Morgan fingerprint density at radius 2 is 1.89 bits per heavy atom. The molecule has 0 saturated heterocycles. The minimum atomic E-state index is -1.09. The van der Waals surface area contributed by atoms with Gasteiger partial charge < -0.3 is 10.1 Å². The van der Waals surface area contributed by atoms with Gasteiger partial charge in [-0.3, -0.25) is 28.8 Å². The molecule has 1 aromatic carbocycles. The standard InChI is InChI=1S/C19H20N4O5/c1-10-16(11(2)22(4)21-10)20-18(26)12(3)28-15(24)9-23-14-8-6-5-7-13(14)17(25)19(23)27/h5-8,12H,9H2,1-4H3,(H,20,26)/t12-/m1/s1. The fourth-order valence-electron chi connectivity index (χ4n) is 3.00. The Kier molecular flexibility index (Phi) is 5.00. The first-order valence-electron chi connectivity index (χ1n) is 8.66. The minimum Gasteiger partial charge on any atom is -0.451 e. The summed E-state index contributed by atoms with van der Waals surface area (Å²) >= 11 is 0. The Labute approximate surface area is 161 Å². The number of para-hydroxylation sites is 1. The molecule has 9 heteroatoms. The van der Waals surface area contributed by atoms with Crippen LogP contribution in [0.1, 0.15) is 28.7 Å². The van der Waals surface area contributed by atoms with Crippen LogP contribution in [0.4, 0.5) is 11.4 Å². The third-order valence-electron chi connectivity index (χ3n) is 4.60. The van der Waals surface area contributed by atoms with Crippen molar-refractivity contribution in [1.29, 1.82) is 0 Å². The van der Waals surface area contributed by atoms with Crippen LogP contribution in [-0.4, -0.2) is 46.0 Å². The van der Waals surface area contributed by atoms with Crippen LogP contribution in [0.25, 0.3) is 0 Å². The molecule has 2 aromatic rings. The number of ketones is 1. The van der Waals surface area contributed by atoms with Crippen LogP contribution in [0.2, 0.25) is 0 Å². The van der Waals surface area contributed by atoms with Crippen LogP contribution in [-0.2, 0) is 26.2 Å². The number of aryl methyl sites for hydroxylation is 2. The molecule has 0 bridgehead atoms. The summed E-state index contributed by atoms with van der Waals surface area (Å²) in [5, 5.41) is 6.90. The molecular weight excluding hydrogens is 364 g/mol. The van der Waals surface area contributed by atoms with E-state index in [9.17, 15) is 19.2 Å². The molecule has 1 aliphatic heterocycles. The number of aromatic nitrogens is 2. The SMILES string of the molecule is Cc1nn(C)c(C)c1NC(=O)[C@@H](C)OC(=O)CN1C(=O)C(=O)c2ccccc21. The lowest BCUT2D eigenvalue weighted by Crippen LogP contribution is -2.38. The van der Waals surface area contributed by atoms with E-state index in [-0.39, 0.29) is 5.56 Å². The average molecular weight is 384 g/mol. The number of carbonyl (C=O) groups excluding carboxylic acids is 4. The van der Waals surface area contributed by atoms with E-state index >= 15 is 0 Å². The molecule has 146 valence electrons. The van der Waals surface area contributed by atoms with E-state index in [0.29, 0.717) is 17.1 Å². The van der Waals surface area contributed by atoms with Crippen molar-refractivity contribution < 1.29 is 23.9 Å². The number of esters is 1. The number of nitrogens with one attached hydrogen (secondary N) is 1. The molecule has 0 unspecified atom stereocenters. The molecule has 1 N–H and O–H groups in total. The summed E-state index contributed by atoms with van der Waals surface area (Å²) in [6.07, 6.45) is -1.09. The Bertz CT molecular complexity index is 994. The first-order valence-corrected chi connectivity index (χ1v) is 8.66. The summed E-state index contributed by atoms with van der Waals surface area (Å²) in [7, 11) is 1.76. The van der Waals surface area contributed by atoms with Gasteiger partial charge in [-0.05, 0) is 32.9 Å². The summed E-state index contributed by atoms with van der Waals surface area (Å²) in [5.74, 6) is -2.77.